The van der Waals surface area contributed by atoms with E-state index in [1.165, 1.54) is 16.3 Å². The Labute approximate surface area is 197 Å². The maximum Gasteiger partial charge on any atom is 0.266 e. The number of carbonyl (C=O) groups excluding carboxylic acids is 1. The van der Waals surface area contributed by atoms with Gasteiger partial charge in [-0.2, -0.15) is 5.26 Å². The van der Waals surface area contributed by atoms with Gasteiger partial charge in [0.25, 0.3) is 5.56 Å². The first-order valence-electron chi connectivity index (χ1n) is 11.0. The number of aromatic nitrogens is 2. The Morgan fingerprint density at radius 3 is 2.70 bits per heavy atom. The Balaban J connectivity index is 1.69. The first-order valence-corrected chi connectivity index (χ1v) is 11.9. The molecule has 1 aromatic heterocycles. The minimum absolute atomic E-state index is 0.0781. The number of ether oxygens (including phenoxy) is 1. The SMILES string of the molecule is COc1cccc(-n2c(SCC(=O)N(C)C3(C#N)CCCCC3)nc3ccccc3c2=O)c1. The average Bonchev–Trinajstić information content (AvgIpc) is 2.87. The van der Waals surface area contributed by atoms with Crippen LogP contribution < -0.4 is 10.3 Å². The van der Waals surface area contributed by atoms with Crippen molar-refractivity contribution in [3.8, 4) is 17.5 Å². The van der Waals surface area contributed by atoms with Gasteiger partial charge in [0, 0.05) is 13.1 Å². The van der Waals surface area contributed by atoms with E-state index in [2.05, 4.69) is 6.07 Å². The van der Waals surface area contributed by atoms with E-state index in [0.717, 1.165) is 19.3 Å². The lowest BCUT2D eigenvalue weighted by atomic mass is 9.81. The Morgan fingerprint density at radius 2 is 1.97 bits per heavy atom. The number of carbonyl (C=O) groups is 1. The highest BCUT2D eigenvalue weighted by atomic mass is 32.2. The molecule has 1 amide bonds. The van der Waals surface area contributed by atoms with Gasteiger partial charge in [0.2, 0.25) is 5.91 Å². The molecule has 0 bridgehead atoms. The predicted octanol–water partition coefficient (Wildman–Crippen LogP) is 4.17. The first kappa shape index (κ1) is 22.9. The second-order valence-electron chi connectivity index (χ2n) is 8.20. The van der Waals surface area contributed by atoms with Gasteiger partial charge < -0.3 is 9.64 Å². The lowest BCUT2D eigenvalue weighted by Gasteiger charge is -2.39. The van der Waals surface area contributed by atoms with E-state index in [9.17, 15) is 14.9 Å². The van der Waals surface area contributed by atoms with Crippen LogP contribution in [0.2, 0.25) is 0 Å². The summed E-state index contributed by atoms with van der Waals surface area (Å²) in [7, 11) is 3.28. The van der Waals surface area contributed by atoms with Crippen LogP contribution in [0.3, 0.4) is 0 Å². The van der Waals surface area contributed by atoms with Gasteiger partial charge in [-0.1, -0.05) is 49.2 Å². The zero-order valence-corrected chi connectivity index (χ0v) is 19.6. The Bertz CT molecular complexity index is 1270. The van der Waals surface area contributed by atoms with Crippen LogP contribution in [0.15, 0.2) is 58.5 Å². The van der Waals surface area contributed by atoms with E-state index in [0.29, 0.717) is 40.3 Å². The van der Waals surface area contributed by atoms with Crippen molar-refractivity contribution in [3.63, 3.8) is 0 Å². The third-order valence-electron chi connectivity index (χ3n) is 6.29. The molecule has 0 saturated heterocycles. The van der Waals surface area contributed by atoms with Gasteiger partial charge in [-0.25, -0.2) is 4.98 Å². The maximum absolute atomic E-state index is 13.4. The molecule has 0 atom stereocenters. The molecule has 1 heterocycles. The number of nitriles is 1. The van der Waals surface area contributed by atoms with Crippen LogP contribution in [-0.2, 0) is 4.79 Å². The molecule has 0 aliphatic heterocycles. The van der Waals surface area contributed by atoms with E-state index in [1.54, 1.807) is 49.4 Å². The first-order chi connectivity index (χ1) is 16.0. The van der Waals surface area contributed by atoms with Crippen molar-refractivity contribution in [2.75, 3.05) is 19.9 Å². The molecule has 1 aliphatic carbocycles. The monoisotopic (exact) mass is 462 g/mol. The quantitative estimate of drug-likeness (QED) is 0.404. The van der Waals surface area contributed by atoms with E-state index in [1.807, 2.05) is 18.2 Å². The molecule has 0 N–H and O–H groups in total. The van der Waals surface area contributed by atoms with Gasteiger partial charge in [0.05, 0.1) is 35.5 Å². The van der Waals surface area contributed by atoms with Crippen LogP contribution in [0.4, 0.5) is 0 Å². The summed E-state index contributed by atoms with van der Waals surface area (Å²) in [6, 6.07) is 16.7. The van der Waals surface area contributed by atoms with Gasteiger partial charge >= 0.3 is 0 Å². The number of benzene rings is 2. The molecular formula is C25H26N4O3S. The van der Waals surface area contributed by atoms with Crippen LogP contribution in [0, 0.1) is 11.3 Å². The molecule has 170 valence electrons. The van der Waals surface area contributed by atoms with Crippen LogP contribution in [-0.4, -0.2) is 45.8 Å². The molecule has 8 heteroatoms. The number of rotatable bonds is 6. The number of hydrogen-bond acceptors (Lipinski definition) is 6. The molecular weight excluding hydrogens is 436 g/mol. The molecule has 0 radical (unpaired) electrons. The highest BCUT2D eigenvalue weighted by Gasteiger charge is 2.38. The lowest BCUT2D eigenvalue weighted by molar-refractivity contribution is -0.131. The third kappa shape index (κ3) is 4.46. The van der Waals surface area contributed by atoms with Gasteiger partial charge in [-0.3, -0.25) is 14.2 Å². The summed E-state index contributed by atoms with van der Waals surface area (Å²) < 4.78 is 6.85. The highest BCUT2D eigenvalue weighted by molar-refractivity contribution is 7.99. The normalized spacial score (nSPS) is 15.1. The van der Waals surface area contributed by atoms with Crippen LogP contribution in [0.25, 0.3) is 16.6 Å². The second kappa shape index (κ2) is 9.67. The topological polar surface area (TPSA) is 88.2 Å². The average molecular weight is 463 g/mol. The minimum Gasteiger partial charge on any atom is -0.497 e. The molecule has 33 heavy (non-hydrogen) atoms. The van der Waals surface area contributed by atoms with Crippen molar-refractivity contribution >= 4 is 28.6 Å². The van der Waals surface area contributed by atoms with Crippen LogP contribution >= 0.6 is 11.8 Å². The summed E-state index contributed by atoms with van der Waals surface area (Å²) in [6.07, 6.45) is 4.37. The largest absolute Gasteiger partial charge is 0.497 e. The zero-order chi connectivity index (χ0) is 23.4. The Hall–Kier alpha value is -3.31. The molecule has 1 saturated carbocycles. The number of methoxy groups -OCH3 is 1. The molecule has 0 unspecified atom stereocenters. The van der Waals surface area contributed by atoms with Crippen molar-refractivity contribution in [2.24, 2.45) is 0 Å². The number of hydrogen-bond donors (Lipinski definition) is 0. The molecule has 2 aromatic carbocycles. The smallest absolute Gasteiger partial charge is 0.266 e. The van der Waals surface area contributed by atoms with Gasteiger partial charge in [-0.05, 0) is 37.1 Å². The zero-order valence-electron chi connectivity index (χ0n) is 18.8. The summed E-state index contributed by atoms with van der Waals surface area (Å²) in [6.45, 7) is 0. The van der Waals surface area contributed by atoms with Crippen molar-refractivity contribution in [1.82, 2.24) is 14.5 Å². The van der Waals surface area contributed by atoms with Crippen molar-refractivity contribution in [2.45, 2.75) is 42.8 Å². The summed E-state index contributed by atoms with van der Waals surface area (Å²) in [5, 5.41) is 10.7. The van der Waals surface area contributed by atoms with E-state index in [4.69, 9.17) is 9.72 Å². The second-order valence-corrected chi connectivity index (χ2v) is 9.14. The fraction of sp³-hybridized carbons (Fsp3) is 0.360. The van der Waals surface area contributed by atoms with Gasteiger partial charge in [0.15, 0.2) is 5.16 Å². The number of para-hydroxylation sites is 1. The van der Waals surface area contributed by atoms with Crippen molar-refractivity contribution in [1.29, 1.82) is 5.26 Å². The fourth-order valence-electron chi connectivity index (χ4n) is 4.31. The number of amides is 1. The Kier molecular flexibility index (Phi) is 6.70. The van der Waals surface area contributed by atoms with E-state index >= 15 is 0 Å². The summed E-state index contributed by atoms with van der Waals surface area (Å²) in [5.74, 6) is 0.546. The lowest BCUT2D eigenvalue weighted by Crippen LogP contribution is -2.50. The fourth-order valence-corrected chi connectivity index (χ4v) is 5.23. The molecule has 0 spiro atoms. The summed E-state index contributed by atoms with van der Waals surface area (Å²) >= 11 is 1.20. The maximum atomic E-state index is 13.4. The Morgan fingerprint density at radius 1 is 1.21 bits per heavy atom. The predicted molar refractivity (Wildman–Crippen MR) is 129 cm³/mol. The minimum atomic E-state index is -0.751. The number of fused-ring (bicyclic) bond motifs is 1. The molecule has 3 aromatic rings. The van der Waals surface area contributed by atoms with Gasteiger partial charge in [-0.15, -0.1) is 0 Å². The standard InChI is InChI=1S/C25H26N4O3S/c1-28(25(17-26)13-6-3-7-14-25)22(30)16-33-24-27-21-12-5-4-11-20(21)23(31)29(24)18-9-8-10-19(15-18)32-2/h4-5,8-12,15H,3,6-7,13-14,16H2,1-2H3. The molecule has 7 nitrogen and oxygen atoms in total. The number of thioether (sulfide) groups is 1. The van der Waals surface area contributed by atoms with Crippen molar-refractivity contribution < 1.29 is 9.53 Å². The molecule has 4 rings (SSSR count). The molecule has 1 fully saturated rings. The third-order valence-corrected chi connectivity index (χ3v) is 7.21. The van der Waals surface area contributed by atoms with E-state index < -0.39 is 5.54 Å². The highest BCUT2D eigenvalue weighted by Crippen LogP contribution is 2.33. The molecule has 1 aliphatic rings. The van der Waals surface area contributed by atoms with Crippen molar-refractivity contribution in [3.05, 3.63) is 58.9 Å². The van der Waals surface area contributed by atoms with Crippen LogP contribution in [0.5, 0.6) is 5.75 Å². The summed E-state index contributed by atoms with van der Waals surface area (Å²) in [5.41, 5.74) is 0.226. The van der Waals surface area contributed by atoms with Gasteiger partial charge in [0.1, 0.15) is 11.3 Å². The van der Waals surface area contributed by atoms with E-state index in [-0.39, 0.29) is 17.2 Å². The summed E-state index contributed by atoms with van der Waals surface area (Å²) in [4.78, 5) is 32.8. The number of nitrogens with zero attached hydrogens (tertiary/aromatic N) is 4. The van der Waals surface area contributed by atoms with Crippen LogP contribution in [0.1, 0.15) is 32.1 Å².